The number of hydrogen-bond donors (Lipinski definition) is 2. The van der Waals surface area contributed by atoms with Crippen molar-refractivity contribution in [2.45, 2.75) is 72.1 Å². The Morgan fingerprint density at radius 2 is 1.32 bits per heavy atom. The van der Waals surface area contributed by atoms with Crippen molar-refractivity contribution in [2.75, 3.05) is 0 Å². The van der Waals surface area contributed by atoms with Gasteiger partial charge in [0, 0.05) is 0 Å². The minimum absolute atomic E-state index is 0.225. The Hall–Kier alpha value is -1.06. The van der Waals surface area contributed by atoms with Gasteiger partial charge in [-0.15, -0.1) is 0 Å². The van der Waals surface area contributed by atoms with Crippen LogP contribution in [0.5, 0.6) is 0 Å². The minimum Gasteiger partial charge on any atom is -0.480 e. The third-order valence-electron chi connectivity index (χ3n) is 3.92. The molecule has 0 heterocycles. The molecular weight excluding hydrogens is 244 g/mol. The molecule has 0 spiro atoms. The Morgan fingerprint density at radius 1 is 0.895 bits per heavy atom. The first-order valence-corrected chi connectivity index (χ1v) is 7.36. The number of carbonyl (C=O) groups is 2. The van der Waals surface area contributed by atoms with E-state index in [1.165, 1.54) is 19.3 Å². The Labute approximate surface area is 116 Å². The van der Waals surface area contributed by atoms with E-state index in [1.54, 1.807) is 13.8 Å². The lowest BCUT2D eigenvalue weighted by Crippen LogP contribution is -2.43. The highest BCUT2D eigenvalue weighted by atomic mass is 16.4. The first kappa shape index (κ1) is 17.9. The van der Waals surface area contributed by atoms with Crippen molar-refractivity contribution >= 4 is 11.9 Å². The fourth-order valence-corrected chi connectivity index (χ4v) is 2.45. The molecule has 4 nitrogen and oxygen atoms in total. The zero-order valence-corrected chi connectivity index (χ0v) is 12.4. The van der Waals surface area contributed by atoms with Crippen LogP contribution in [0.15, 0.2) is 0 Å². The smallest absolute Gasteiger partial charge is 0.321 e. The maximum absolute atomic E-state index is 11.3. The molecule has 0 saturated heterocycles. The van der Waals surface area contributed by atoms with Gasteiger partial charge in [0.15, 0.2) is 5.41 Å². The summed E-state index contributed by atoms with van der Waals surface area (Å²) in [5.41, 5.74) is -1.62. The topological polar surface area (TPSA) is 74.6 Å². The number of aliphatic carboxylic acids is 2. The van der Waals surface area contributed by atoms with Gasteiger partial charge in [-0.05, 0) is 12.3 Å². The number of hydrogen-bond acceptors (Lipinski definition) is 2. The Kier molecular flexibility index (Phi) is 8.44. The molecule has 0 atom stereocenters. The van der Waals surface area contributed by atoms with Crippen LogP contribution in [-0.2, 0) is 9.59 Å². The van der Waals surface area contributed by atoms with E-state index in [0.29, 0.717) is 6.42 Å². The molecule has 2 N–H and O–H groups in total. The van der Waals surface area contributed by atoms with E-state index in [1.807, 2.05) is 0 Å². The molecule has 0 amide bonds. The summed E-state index contributed by atoms with van der Waals surface area (Å²) < 4.78 is 0. The monoisotopic (exact) mass is 272 g/mol. The molecule has 0 radical (unpaired) electrons. The van der Waals surface area contributed by atoms with Gasteiger partial charge in [0.25, 0.3) is 0 Å². The molecule has 19 heavy (non-hydrogen) atoms. The van der Waals surface area contributed by atoms with Crippen molar-refractivity contribution in [1.29, 1.82) is 0 Å². The molecule has 0 aromatic rings. The zero-order chi connectivity index (χ0) is 14.9. The summed E-state index contributed by atoms with van der Waals surface area (Å²) in [6, 6.07) is 0. The molecule has 0 aromatic carbocycles. The van der Waals surface area contributed by atoms with Gasteiger partial charge in [-0.25, -0.2) is 0 Å². The maximum Gasteiger partial charge on any atom is 0.321 e. The number of carboxylic acid groups (broad SMARTS) is 2. The van der Waals surface area contributed by atoms with Crippen molar-refractivity contribution in [3.05, 3.63) is 0 Å². The summed E-state index contributed by atoms with van der Waals surface area (Å²) >= 11 is 0. The van der Waals surface area contributed by atoms with E-state index >= 15 is 0 Å². The van der Waals surface area contributed by atoms with Gasteiger partial charge in [-0.3, -0.25) is 9.59 Å². The highest BCUT2D eigenvalue weighted by molar-refractivity contribution is 5.98. The van der Waals surface area contributed by atoms with Crippen molar-refractivity contribution in [1.82, 2.24) is 0 Å². The van der Waals surface area contributed by atoms with Crippen molar-refractivity contribution in [2.24, 2.45) is 11.3 Å². The average molecular weight is 272 g/mol. The predicted octanol–water partition coefficient (Wildman–Crippen LogP) is 3.94. The van der Waals surface area contributed by atoms with Gasteiger partial charge in [0.05, 0.1) is 0 Å². The third kappa shape index (κ3) is 5.21. The Bertz CT molecular complexity index is 270. The molecule has 112 valence electrons. The van der Waals surface area contributed by atoms with Gasteiger partial charge < -0.3 is 10.2 Å². The van der Waals surface area contributed by atoms with E-state index in [9.17, 15) is 19.8 Å². The number of carboxylic acids is 2. The van der Waals surface area contributed by atoms with E-state index < -0.39 is 23.3 Å². The molecule has 0 unspecified atom stereocenters. The molecule has 0 aliphatic heterocycles. The zero-order valence-electron chi connectivity index (χ0n) is 12.4. The van der Waals surface area contributed by atoms with E-state index in [-0.39, 0.29) is 6.42 Å². The summed E-state index contributed by atoms with van der Waals surface area (Å²) in [6.07, 6.45) is 7.68. The lowest BCUT2D eigenvalue weighted by atomic mass is 9.73. The van der Waals surface area contributed by atoms with Crippen molar-refractivity contribution in [3.63, 3.8) is 0 Å². The van der Waals surface area contributed by atoms with Crippen LogP contribution in [-0.4, -0.2) is 22.2 Å². The third-order valence-corrected chi connectivity index (χ3v) is 3.92. The molecule has 0 aliphatic rings. The molecule has 0 rings (SSSR count). The van der Waals surface area contributed by atoms with Gasteiger partial charge in [-0.2, -0.15) is 0 Å². The fraction of sp³-hybridized carbons (Fsp3) is 0.867. The SMILES string of the molecule is CCCCCCCCCC(C(=O)O)(C(=O)O)C(C)C. The first-order valence-electron chi connectivity index (χ1n) is 7.36. The number of rotatable bonds is 11. The predicted molar refractivity (Wildman–Crippen MR) is 75.2 cm³/mol. The number of unbranched alkanes of at least 4 members (excludes halogenated alkanes) is 6. The van der Waals surface area contributed by atoms with Gasteiger partial charge in [-0.1, -0.05) is 65.7 Å². The summed E-state index contributed by atoms with van der Waals surface area (Å²) in [5, 5.41) is 18.5. The summed E-state index contributed by atoms with van der Waals surface area (Å²) in [7, 11) is 0. The van der Waals surface area contributed by atoms with Crippen LogP contribution in [0.2, 0.25) is 0 Å². The lowest BCUT2D eigenvalue weighted by molar-refractivity contribution is -0.169. The maximum atomic E-state index is 11.3. The second kappa shape index (κ2) is 8.94. The molecular formula is C15H28O4. The summed E-state index contributed by atoms with van der Waals surface area (Å²) in [4.78, 5) is 22.7. The molecule has 0 bridgehead atoms. The molecule has 0 aromatic heterocycles. The van der Waals surface area contributed by atoms with Gasteiger partial charge >= 0.3 is 11.9 Å². The molecule has 0 aliphatic carbocycles. The standard InChI is InChI=1S/C15H28O4/c1-4-5-6-7-8-9-10-11-15(12(2)3,13(16)17)14(18)19/h12H,4-11H2,1-3H3,(H,16,17)(H,18,19). The first-order chi connectivity index (χ1) is 8.89. The fourth-order valence-electron chi connectivity index (χ4n) is 2.45. The summed E-state index contributed by atoms with van der Waals surface area (Å²) in [6.45, 7) is 5.50. The normalized spacial score (nSPS) is 11.8. The summed E-state index contributed by atoms with van der Waals surface area (Å²) in [5.74, 6) is -2.82. The van der Waals surface area contributed by atoms with Crippen LogP contribution in [0.3, 0.4) is 0 Å². The lowest BCUT2D eigenvalue weighted by Gasteiger charge is -2.28. The van der Waals surface area contributed by atoms with Gasteiger partial charge in [0.1, 0.15) is 0 Å². The quantitative estimate of drug-likeness (QED) is 0.441. The second-order valence-corrected chi connectivity index (χ2v) is 5.61. The molecule has 4 heteroatoms. The van der Waals surface area contributed by atoms with Crippen LogP contribution >= 0.6 is 0 Å². The van der Waals surface area contributed by atoms with Crippen LogP contribution < -0.4 is 0 Å². The van der Waals surface area contributed by atoms with Crippen LogP contribution in [0.1, 0.15) is 72.1 Å². The highest BCUT2D eigenvalue weighted by Gasteiger charge is 2.48. The largest absolute Gasteiger partial charge is 0.480 e. The van der Waals surface area contributed by atoms with E-state index in [2.05, 4.69) is 6.92 Å². The van der Waals surface area contributed by atoms with Gasteiger partial charge in [0.2, 0.25) is 0 Å². The molecule has 0 fully saturated rings. The van der Waals surface area contributed by atoms with E-state index in [4.69, 9.17) is 0 Å². The van der Waals surface area contributed by atoms with Crippen LogP contribution in [0.25, 0.3) is 0 Å². The highest BCUT2D eigenvalue weighted by Crippen LogP contribution is 2.34. The van der Waals surface area contributed by atoms with Crippen molar-refractivity contribution < 1.29 is 19.8 Å². The van der Waals surface area contributed by atoms with Crippen molar-refractivity contribution in [3.8, 4) is 0 Å². The second-order valence-electron chi connectivity index (χ2n) is 5.61. The van der Waals surface area contributed by atoms with Crippen LogP contribution in [0.4, 0.5) is 0 Å². The van der Waals surface area contributed by atoms with E-state index in [0.717, 1.165) is 19.3 Å². The molecule has 0 saturated carbocycles. The Balaban J connectivity index is 4.22. The van der Waals surface area contributed by atoms with Crippen LogP contribution in [0, 0.1) is 11.3 Å². The average Bonchev–Trinajstić information content (AvgIpc) is 2.31. The Morgan fingerprint density at radius 3 is 1.68 bits per heavy atom. The minimum atomic E-state index is -1.62.